The minimum absolute atomic E-state index is 0.303. The fourth-order valence-corrected chi connectivity index (χ4v) is 2.34. The van der Waals surface area contributed by atoms with Crippen molar-refractivity contribution in [1.82, 2.24) is 9.97 Å². The van der Waals surface area contributed by atoms with Gasteiger partial charge in [-0.05, 0) is 47.5 Å². The van der Waals surface area contributed by atoms with Crippen molar-refractivity contribution in [1.29, 1.82) is 0 Å². The van der Waals surface area contributed by atoms with Gasteiger partial charge in [0, 0.05) is 12.4 Å². The number of rotatable bonds is 3. The van der Waals surface area contributed by atoms with Gasteiger partial charge in [0.2, 0.25) is 0 Å². The predicted octanol–water partition coefficient (Wildman–Crippen LogP) is 4.70. The molecule has 0 aliphatic carbocycles. The molecule has 3 aromatic rings. The van der Waals surface area contributed by atoms with Gasteiger partial charge in [-0.15, -0.1) is 0 Å². The van der Waals surface area contributed by atoms with Gasteiger partial charge in [-0.25, -0.2) is 0 Å². The number of pyridine rings is 2. The molecule has 1 N–H and O–H groups in total. The Balaban J connectivity index is 1.87. The van der Waals surface area contributed by atoms with Crippen LogP contribution >= 0.6 is 23.2 Å². The van der Waals surface area contributed by atoms with Crippen molar-refractivity contribution in [2.24, 2.45) is 0 Å². The van der Waals surface area contributed by atoms with Crippen molar-refractivity contribution in [2.75, 3.05) is 5.32 Å². The number of hydrogen-bond donors (Lipinski definition) is 1. The molecule has 0 spiro atoms. The third-order valence-electron chi connectivity index (χ3n) is 3.16. The first kappa shape index (κ1) is 15.5. The molecule has 0 bridgehead atoms. The molecule has 0 saturated carbocycles. The second-order valence-corrected chi connectivity index (χ2v) is 5.57. The minimum atomic E-state index is -0.306. The van der Waals surface area contributed by atoms with Crippen molar-refractivity contribution in [3.8, 4) is 11.1 Å². The summed E-state index contributed by atoms with van der Waals surface area (Å²) in [6, 6.07) is 12.3. The topological polar surface area (TPSA) is 54.9 Å². The molecule has 6 heteroatoms. The zero-order valence-electron chi connectivity index (χ0n) is 11.8. The molecular weight excluding hydrogens is 333 g/mol. The molecule has 0 radical (unpaired) electrons. The van der Waals surface area contributed by atoms with Gasteiger partial charge in [0.25, 0.3) is 5.91 Å². The van der Waals surface area contributed by atoms with Crippen LogP contribution in [0.2, 0.25) is 10.0 Å². The van der Waals surface area contributed by atoms with Crippen molar-refractivity contribution < 1.29 is 4.79 Å². The van der Waals surface area contributed by atoms with E-state index in [1.54, 1.807) is 55.0 Å². The zero-order chi connectivity index (χ0) is 16.2. The number of halogens is 2. The van der Waals surface area contributed by atoms with E-state index in [1.165, 1.54) is 0 Å². The van der Waals surface area contributed by atoms with Crippen molar-refractivity contribution >= 4 is 34.8 Å². The number of amides is 1. The molecule has 2 aromatic heterocycles. The van der Waals surface area contributed by atoms with Gasteiger partial charge < -0.3 is 5.32 Å². The summed E-state index contributed by atoms with van der Waals surface area (Å²) in [7, 11) is 0. The average Bonchev–Trinajstić information content (AvgIpc) is 2.58. The van der Waals surface area contributed by atoms with Crippen LogP contribution in [0.15, 0.2) is 61.1 Å². The zero-order valence-corrected chi connectivity index (χ0v) is 13.3. The van der Waals surface area contributed by atoms with E-state index in [0.717, 1.165) is 11.1 Å². The molecule has 3 rings (SSSR count). The van der Waals surface area contributed by atoms with E-state index >= 15 is 0 Å². The number of aromatic nitrogens is 2. The lowest BCUT2D eigenvalue weighted by Gasteiger charge is -2.07. The molecule has 23 heavy (non-hydrogen) atoms. The predicted molar refractivity (Wildman–Crippen MR) is 91.9 cm³/mol. The lowest BCUT2D eigenvalue weighted by molar-refractivity contribution is 0.102. The molecule has 114 valence electrons. The maximum atomic E-state index is 12.3. The molecule has 0 atom stereocenters. The summed E-state index contributed by atoms with van der Waals surface area (Å²) in [4.78, 5) is 20.3. The molecule has 0 fully saturated rings. The Morgan fingerprint density at radius 1 is 0.957 bits per heavy atom. The van der Waals surface area contributed by atoms with Crippen LogP contribution in [-0.2, 0) is 0 Å². The molecule has 0 unspecified atom stereocenters. The van der Waals surface area contributed by atoms with Gasteiger partial charge in [-0.2, -0.15) is 0 Å². The van der Waals surface area contributed by atoms with Crippen LogP contribution in [0.4, 0.5) is 5.69 Å². The van der Waals surface area contributed by atoms with Gasteiger partial charge in [-0.3, -0.25) is 14.8 Å². The number of carbonyl (C=O) groups excluding carboxylic acids is 1. The van der Waals surface area contributed by atoms with Gasteiger partial charge in [-0.1, -0.05) is 29.3 Å². The van der Waals surface area contributed by atoms with E-state index < -0.39 is 0 Å². The van der Waals surface area contributed by atoms with Crippen molar-refractivity contribution in [2.45, 2.75) is 0 Å². The van der Waals surface area contributed by atoms with Crippen molar-refractivity contribution in [3.63, 3.8) is 0 Å². The van der Waals surface area contributed by atoms with Gasteiger partial charge >= 0.3 is 0 Å². The van der Waals surface area contributed by atoms with Crippen LogP contribution in [0, 0.1) is 0 Å². The third-order valence-corrected chi connectivity index (χ3v) is 3.90. The summed E-state index contributed by atoms with van der Waals surface area (Å²) in [6.45, 7) is 0. The standard InChI is InChI=1S/C17H11Cl2N3O/c18-14-4-3-11(8-15(14)19)12-5-7-21-16(9-12)17(23)22-13-2-1-6-20-10-13/h1-10H,(H,22,23). The van der Waals surface area contributed by atoms with Crippen LogP contribution in [0.5, 0.6) is 0 Å². The fraction of sp³-hybridized carbons (Fsp3) is 0. The highest BCUT2D eigenvalue weighted by atomic mass is 35.5. The van der Waals surface area contributed by atoms with Crippen LogP contribution in [-0.4, -0.2) is 15.9 Å². The van der Waals surface area contributed by atoms with E-state index in [9.17, 15) is 4.79 Å². The summed E-state index contributed by atoms with van der Waals surface area (Å²) in [5.41, 5.74) is 2.60. The van der Waals surface area contributed by atoms with E-state index in [-0.39, 0.29) is 5.91 Å². The molecule has 0 aliphatic heterocycles. The smallest absolute Gasteiger partial charge is 0.274 e. The Bertz CT molecular complexity index is 853. The molecule has 4 nitrogen and oxygen atoms in total. The number of anilines is 1. The Morgan fingerprint density at radius 3 is 2.52 bits per heavy atom. The number of nitrogens with zero attached hydrogens (tertiary/aromatic N) is 2. The van der Waals surface area contributed by atoms with Crippen LogP contribution in [0.3, 0.4) is 0 Å². The van der Waals surface area contributed by atoms with Gasteiger partial charge in [0.1, 0.15) is 5.69 Å². The Kier molecular flexibility index (Phi) is 4.55. The second kappa shape index (κ2) is 6.77. The quantitative estimate of drug-likeness (QED) is 0.749. The average molecular weight is 344 g/mol. The third kappa shape index (κ3) is 3.67. The summed E-state index contributed by atoms with van der Waals surface area (Å²) in [5.74, 6) is -0.306. The Labute approximate surface area is 143 Å². The summed E-state index contributed by atoms with van der Waals surface area (Å²) in [6.07, 6.45) is 4.79. The second-order valence-electron chi connectivity index (χ2n) is 4.75. The lowest BCUT2D eigenvalue weighted by Crippen LogP contribution is -2.13. The van der Waals surface area contributed by atoms with Gasteiger partial charge in [0.15, 0.2) is 0 Å². The molecule has 2 heterocycles. The largest absolute Gasteiger partial charge is 0.319 e. The van der Waals surface area contributed by atoms with Crippen molar-refractivity contribution in [3.05, 3.63) is 76.8 Å². The lowest BCUT2D eigenvalue weighted by atomic mass is 10.1. The Morgan fingerprint density at radius 2 is 1.78 bits per heavy atom. The summed E-state index contributed by atoms with van der Waals surface area (Å²) >= 11 is 12.0. The number of hydrogen-bond acceptors (Lipinski definition) is 3. The maximum Gasteiger partial charge on any atom is 0.274 e. The molecular formula is C17H11Cl2N3O. The van der Waals surface area contributed by atoms with E-state index in [4.69, 9.17) is 23.2 Å². The summed E-state index contributed by atoms with van der Waals surface area (Å²) < 4.78 is 0. The molecule has 1 aromatic carbocycles. The molecule has 1 amide bonds. The first-order valence-corrected chi connectivity index (χ1v) is 7.52. The summed E-state index contributed by atoms with van der Waals surface area (Å²) in [5, 5.41) is 3.69. The minimum Gasteiger partial charge on any atom is -0.319 e. The molecule has 0 aliphatic rings. The normalized spacial score (nSPS) is 10.3. The highest BCUT2D eigenvalue weighted by molar-refractivity contribution is 6.42. The first-order chi connectivity index (χ1) is 11.1. The number of nitrogens with one attached hydrogen (secondary N) is 1. The van der Waals surface area contributed by atoms with Crippen LogP contribution < -0.4 is 5.32 Å². The van der Waals surface area contributed by atoms with Crippen LogP contribution in [0.1, 0.15) is 10.5 Å². The van der Waals surface area contributed by atoms with E-state index in [1.807, 2.05) is 6.07 Å². The molecule has 0 saturated heterocycles. The van der Waals surface area contributed by atoms with Crippen LogP contribution in [0.25, 0.3) is 11.1 Å². The highest BCUT2D eigenvalue weighted by Gasteiger charge is 2.10. The first-order valence-electron chi connectivity index (χ1n) is 6.76. The van der Waals surface area contributed by atoms with E-state index in [0.29, 0.717) is 21.4 Å². The number of benzene rings is 1. The van der Waals surface area contributed by atoms with Gasteiger partial charge in [0.05, 0.1) is 21.9 Å². The number of carbonyl (C=O) groups is 1. The highest BCUT2D eigenvalue weighted by Crippen LogP contribution is 2.28. The van der Waals surface area contributed by atoms with E-state index in [2.05, 4.69) is 15.3 Å². The monoisotopic (exact) mass is 343 g/mol. The maximum absolute atomic E-state index is 12.3. The fourth-order valence-electron chi connectivity index (χ4n) is 2.04. The SMILES string of the molecule is O=C(Nc1cccnc1)c1cc(-c2ccc(Cl)c(Cl)c2)ccn1. The Hall–Kier alpha value is -2.43.